The van der Waals surface area contributed by atoms with Crippen LogP contribution in [0.25, 0.3) is 0 Å². The van der Waals surface area contributed by atoms with E-state index in [-0.39, 0.29) is 6.04 Å². The third-order valence-corrected chi connectivity index (χ3v) is 6.89. The SMILES string of the molecule is NCc1ccc(S(=O)(=O)NC2CCc3ccccc3C2)s1. The van der Waals surface area contributed by atoms with Gasteiger partial charge in [-0.05, 0) is 42.5 Å². The van der Waals surface area contributed by atoms with E-state index >= 15 is 0 Å². The van der Waals surface area contributed by atoms with Crippen LogP contribution in [-0.2, 0) is 29.4 Å². The molecule has 6 heteroatoms. The first-order chi connectivity index (χ1) is 10.1. The van der Waals surface area contributed by atoms with Gasteiger partial charge in [-0.3, -0.25) is 0 Å². The highest BCUT2D eigenvalue weighted by molar-refractivity contribution is 7.91. The molecule has 112 valence electrons. The molecule has 0 amide bonds. The van der Waals surface area contributed by atoms with Gasteiger partial charge in [0.05, 0.1) is 0 Å². The molecule has 0 saturated carbocycles. The molecule has 0 fully saturated rings. The Kier molecular flexibility index (Phi) is 4.12. The summed E-state index contributed by atoms with van der Waals surface area (Å²) in [4.78, 5) is 0.879. The van der Waals surface area contributed by atoms with Crippen LogP contribution in [-0.4, -0.2) is 14.5 Å². The Balaban J connectivity index is 1.75. The lowest BCUT2D eigenvalue weighted by atomic mass is 9.89. The molecule has 3 N–H and O–H groups in total. The van der Waals surface area contributed by atoms with Crippen LogP contribution in [0.15, 0.2) is 40.6 Å². The van der Waals surface area contributed by atoms with Gasteiger partial charge in [0.1, 0.15) is 4.21 Å². The lowest BCUT2D eigenvalue weighted by Gasteiger charge is -2.25. The van der Waals surface area contributed by atoms with Gasteiger partial charge in [0, 0.05) is 17.5 Å². The number of aryl methyl sites for hydroxylation is 1. The summed E-state index contributed by atoms with van der Waals surface area (Å²) in [5, 5.41) is 0. The Labute approximate surface area is 129 Å². The molecule has 1 atom stereocenters. The van der Waals surface area contributed by atoms with E-state index in [2.05, 4.69) is 16.9 Å². The van der Waals surface area contributed by atoms with Gasteiger partial charge in [-0.25, -0.2) is 13.1 Å². The maximum absolute atomic E-state index is 12.4. The van der Waals surface area contributed by atoms with E-state index in [4.69, 9.17) is 5.73 Å². The van der Waals surface area contributed by atoms with Gasteiger partial charge in [0.2, 0.25) is 10.0 Å². The molecule has 1 aliphatic carbocycles. The molecule has 1 aromatic heterocycles. The van der Waals surface area contributed by atoms with Crippen molar-refractivity contribution in [1.29, 1.82) is 0 Å². The maximum Gasteiger partial charge on any atom is 0.250 e. The Hall–Kier alpha value is -1.21. The van der Waals surface area contributed by atoms with Crippen molar-refractivity contribution in [2.24, 2.45) is 5.73 Å². The van der Waals surface area contributed by atoms with Crippen LogP contribution in [0.5, 0.6) is 0 Å². The van der Waals surface area contributed by atoms with Gasteiger partial charge in [0.15, 0.2) is 0 Å². The number of benzene rings is 1. The molecular weight excluding hydrogens is 304 g/mol. The van der Waals surface area contributed by atoms with Crippen molar-refractivity contribution in [3.8, 4) is 0 Å². The Morgan fingerprint density at radius 3 is 2.67 bits per heavy atom. The Bertz CT molecular complexity index is 738. The number of sulfonamides is 1. The van der Waals surface area contributed by atoms with E-state index in [1.807, 2.05) is 12.1 Å². The minimum absolute atomic E-state index is 0.0340. The van der Waals surface area contributed by atoms with Crippen LogP contribution in [0.2, 0.25) is 0 Å². The average molecular weight is 322 g/mol. The van der Waals surface area contributed by atoms with E-state index in [0.29, 0.717) is 10.8 Å². The molecule has 0 bridgehead atoms. The third-order valence-electron chi connectivity index (χ3n) is 3.77. The van der Waals surface area contributed by atoms with E-state index in [1.54, 1.807) is 12.1 Å². The van der Waals surface area contributed by atoms with Gasteiger partial charge in [-0.2, -0.15) is 0 Å². The van der Waals surface area contributed by atoms with Crippen molar-refractivity contribution in [2.75, 3.05) is 0 Å². The summed E-state index contributed by atoms with van der Waals surface area (Å²) in [7, 11) is -3.44. The van der Waals surface area contributed by atoms with Crippen molar-refractivity contribution < 1.29 is 8.42 Å². The summed E-state index contributed by atoms with van der Waals surface area (Å²) in [5.41, 5.74) is 8.11. The normalized spacial score (nSPS) is 18.4. The molecule has 0 aliphatic heterocycles. The lowest BCUT2D eigenvalue weighted by Crippen LogP contribution is -2.38. The topological polar surface area (TPSA) is 72.2 Å². The first-order valence-electron chi connectivity index (χ1n) is 6.96. The van der Waals surface area contributed by atoms with Gasteiger partial charge in [-0.1, -0.05) is 24.3 Å². The fraction of sp³-hybridized carbons (Fsp3) is 0.333. The molecule has 1 aromatic carbocycles. The number of hydrogen-bond acceptors (Lipinski definition) is 4. The minimum atomic E-state index is -3.44. The largest absolute Gasteiger partial charge is 0.326 e. The molecule has 21 heavy (non-hydrogen) atoms. The minimum Gasteiger partial charge on any atom is -0.326 e. The summed E-state index contributed by atoms with van der Waals surface area (Å²) >= 11 is 1.24. The van der Waals surface area contributed by atoms with Gasteiger partial charge < -0.3 is 5.73 Å². The number of nitrogens with two attached hydrogens (primary N) is 1. The van der Waals surface area contributed by atoms with Crippen molar-refractivity contribution in [2.45, 2.75) is 36.1 Å². The molecule has 0 radical (unpaired) electrons. The number of nitrogens with one attached hydrogen (secondary N) is 1. The zero-order chi connectivity index (χ0) is 14.9. The van der Waals surface area contributed by atoms with Crippen LogP contribution >= 0.6 is 11.3 Å². The summed E-state index contributed by atoms with van der Waals surface area (Å²) in [6, 6.07) is 11.6. The number of rotatable bonds is 4. The van der Waals surface area contributed by atoms with E-state index in [1.165, 1.54) is 22.5 Å². The van der Waals surface area contributed by atoms with E-state index in [9.17, 15) is 8.42 Å². The fourth-order valence-electron chi connectivity index (χ4n) is 2.69. The molecule has 1 unspecified atom stereocenters. The van der Waals surface area contributed by atoms with E-state index < -0.39 is 10.0 Å². The Morgan fingerprint density at radius 2 is 1.95 bits per heavy atom. The average Bonchev–Trinajstić information content (AvgIpc) is 2.96. The molecule has 3 rings (SSSR count). The quantitative estimate of drug-likeness (QED) is 0.905. The summed E-state index contributed by atoms with van der Waals surface area (Å²) in [6.45, 7) is 0.372. The highest BCUT2D eigenvalue weighted by Gasteiger charge is 2.25. The third kappa shape index (κ3) is 3.18. The van der Waals surface area contributed by atoms with Crippen molar-refractivity contribution in [1.82, 2.24) is 4.72 Å². The van der Waals surface area contributed by atoms with E-state index in [0.717, 1.165) is 24.1 Å². The van der Waals surface area contributed by atoms with Crippen LogP contribution < -0.4 is 10.5 Å². The van der Waals surface area contributed by atoms with Crippen molar-refractivity contribution in [3.05, 3.63) is 52.4 Å². The molecule has 4 nitrogen and oxygen atoms in total. The van der Waals surface area contributed by atoms with Crippen LogP contribution in [0.3, 0.4) is 0 Å². The molecule has 2 aromatic rings. The summed E-state index contributed by atoms with van der Waals surface area (Å²) < 4.78 is 28.0. The number of thiophene rings is 1. The zero-order valence-electron chi connectivity index (χ0n) is 11.6. The van der Waals surface area contributed by atoms with Crippen LogP contribution in [0.4, 0.5) is 0 Å². The summed E-state index contributed by atoms with van der Waals surface area (Å²) in [5.74, 6) is 0. The number of hydrogen-bond donors (Lipinski definition) is 2. The van der Waals surface area contributed by atoms with Crippen LogP contribution in [0.1, 0.15) is 22.4 Å². The lowest BCUT2D eigenvalue weighted by molar-refractivity contribution is 0.508. The first-order valence-corrected chi connectivity index (χ1v) is 9.26. The standard InChI is InChI=1S/C15H18N2O2S2/c16-10-14-7-8-15(20-14)21(18,19)17-13-6-5-11-3-1-2-4-12(11)9-13/h1-4,7-8,13,17H,5-6,9-10,16H2. The predicted molar refractivity (Wildman–Crippen MR) is 84.8 cm³/mol. The highest BCUT2D eigenvalue weighted by Crippen LogP contribution is 2.25. The predicted octanol–water partition coefficient (Wildman–Crippen LogP) is 2.04. The second kappa shape index (κ2) is 5.88. The molecule has 1 heterocycles. The second-order valence-corrected chi connectivity index (χ2v) is 8.36. The molecule has 0 saturated heterocycles. The van der Waals surface area contributed by atoms with Crippen LogP contribution in [0, 0.1) is 0 Å². The maximum atomic E-state index is 12.4. The monoisotopic (exact) mass is 322 g/mol. The highest BCUT2D eigenvalue weighted by atomic mass is 32.2. The van der Waals surface area contributed by atoms with Gasteiger partial charge >= 0.3 is 0 Å². The molecule has 0 spiro atoms. The fourth-order valence-corrected chi connectivity index (χ4v) is 5.21. The summed E-state index contributed by atoms with van der Waals surface area (Å²) in [6.07, 6.45) is 2.51. The zero-order valence-corrected chi connectivity index (χ0v) is 13.2. The number of fused-ring (bicyclic) bond motifs is 1. The van der Waals surface area contributed by atoms with Crippen molar-refractivity contribution >= 4 is 21.4 Å². The smallest absolute Gasteiger partial charge is 0.250 e. The second-order valence-electron chi connectivity index (χ2n) is 5.25. The molecular formula is C15H18N2O2S2. The van der Waals surface area contributed by atoms with Gasteiger partial charge in [0.25, 0.3) is 0 Å². The first kappa shape index (κ1) is 14.7. The Morgan fingerprint density at radius 1 is 1.19 bits per heavy atom. The van der Waals surface area contributed by atoms with Crippen molar-refractivity contribution in [3.63, 3.8) is 0 Å². The molecule has 1 aliphatic rings. The van der Waals surface area contributed by atoms with Gasteiger partial charge in [-0.15, -0.1) is 11.3 Å².